The van der Waals surface area contributed by atoms with E-state index in [0.29, 0.717) is 13.2 Å². The summed E-state index contributed by atoms with van der Waals surface area (Å²) in [5.74, 6) is -0.295. The molecular weight excluding hydrogens is 259 g/mol. The van der Waals surface area contributed by atoms with Gasteiger partial charge in [0, 0.05) is 19.8 Å². The largest absolute Gasteiger partial charge is 0.382 e. The molecule has 1 unspecified atom stereocenters. The summed E-state index contributed by atoms with van der Waals surface area (Å²) in [5.41, 5.74) is 0.894. The van der Waals surface area contributed by atoms with Crippen molar-refractivity contribution in [2.24, 2.45) is 0 Å². The van der Waals surface area contributed by atoms with Crippen molar-refractivity contribution < 1.29 is 13.9 Å². The summed E-state index contributed by atoms with van der Waals surface area (Å²) >= 11 is 0. The second-order valence-electron chi connectivity index (χ2n) is 4.63. The summed E-state index contributed by atoms with van der Waals surface area (Å²) in [5, 5.41) is 3.44. The SMILES string of the molecule is CCC(NCCCCOCCOC)c1ccc(F)cn1. The first-order valence-corrected chi connectivity index (χ1v) is 7.19. The van der Waals surface area contributed by atoms with E-state index in [4.69, 9.17) is 9.47 Å². The smallest absolute Gasteiger partial charge is 0.141 e. The van der Waals surface area contributed by atoms with E-state index >= 15 is 0 Å². The lowest BCUT2D eigenvalue weighted by atomic mass is 10.1. The van der Waals surface area contributed by atoms with Gasteiger partial charge in [-0.15, -0.1) is 0 Å². The number of nitrogens with zero attached hydrogens (tertiary/aromatic N) is 1. The van der Waals surface area contributed by atoms with E-state index in [1.807, 2.05) is 0 Å². The zero-order chi connectivity index (χ0) is 14.6. The highest BCUT2D eigenvalue weighted by molar-refractivity contribution is 5.09. The van der Waals surface area contributed by atoms with Crippen molar-refractivity contribution in [2.45, 2.75) is 32.2 Å². The van der Waals surface area contributed by atoms with Crippen LogP contribution in [-0.4, -0.2) is 38.5 Å². The van der Waals surface area contributed by atoms with Crippen LogP contribution in [0.25, 0.3) is 0 Å². The first-order chi connectivity index (χ1) is 9.77. The van der Waals surface area contributed by atoms with Crippen molar-refractivity contribution in [2.75, 3.05) is 33.5 Å². The molecule has 0 saturated heterocycles. The van der Waals surface area contributed by atoms with E-state index in [-0.39, 0.29) is 11.9 Å². The highest BCUT2D eigenvalue weighted by Gasteiger charge is 2.09. The van der Waals surface area contributed by atoms with Crippen LogP contribution in [0.5, 0.6) is 0 Å². The third-order valence-corrected chi connectivity index (χ3v) is 3.05. The minimum atomic E-state index is -0.295. The maximum atomic E-state index is 12.8. The van der Waals surface area contributed by atoms with E-state index < -0.39 is 0 Å². The Labute approximate surface area is 120 Å². The van der Waals surface area contributed by atoms with Crippen LogP contribution in [0.3, 0.4) is 0 Å². The Balaban J connectivity index is 2.14. The van der Waals surface area contributed by atoms with Gasteiger partial charge in [0.2, 0.25) is 0 Å². The predicted molar refractivity (Wildman–Crippen MR) is 77.2 cm³/mol. The van der Waals surface area contributed by atoms with Gasteiger partial charge in [-0.2, -0.15) is 0 Å². The number of halogens is 1. The van der Waals surface area contributed by atoms with Gasteiger partial charge < -0.3 is 14.8 Å². The first-order valence-electron chi connectivity index (χ1n) is 7.19. The monoisotopic (exact) mass is 284 g/mol. The molecule has 1 aromatic rings. The molecule has 1 N–H and O–H groups in total. The quantitative estimate of drug-likeness (QED) is 0.635. The van der Waals surface area contributed by atoms with Gasteiger partial charge in [-0.05, 0) is 37.9 Å². The Hall–Kier alpha value is -1.04. The Morgan fingerprint density at radius 3 is 2.75 bits per heavy atom. The van der Waals surface area contributed by atoms with Crippen LogP contribution in [0.2, 0.25) is 0 Å². The molecule has 0 saturated carbocycles. The molecule has 0 aromatic carbocycles. The van der Waals surface area contributed by atoms with Crippen LogP contribution < -0.4 is 5.32 Å². The zero-order valence-electron chi connectivity index (χ0n) is 12.4. The standard InChI is InChI=1S/C15H25FN2O2/c1-3-14(15-7-6-13(16)12-18-15)17-8-4-5-9-20-11-10-19-2/h6-7,12,14,17H,3-5,8-11H2,1-2H3. The van der Waals surface area contributed by atoms with Gasteiger partial charge in [-0.1, -0.05) is 6.92 Å². The lowest BCUT2D eigenvalue weighted by Crippen LogP contribution is -2.23. The van der Waals surface area contributed by atoms with E-state index in [1.54, 1.807) is 13.2 Å². The maximum Gasteiger partial charge on any atom is 0.141 e. The van der Waals surface area contributed by atoms with Crippen LogP contribution in [0.15, 0.2) is 18.3 Å². The van der Waals surface area contributed by atoms with E-state index in [9.17, 15) is 4.39 Å². The molecule has 0 spiro atoms. The van der Waals surface area contributed by atoms with Gasteiger partial charge in [-0.3, -0.25) is 4.98 Å². The maximum absolute atomic E-state index is 12.8. The van der Waals surface area contributed by atoms with Gasteiger partial charge >= 0.3 is 0 Å². The average Bonchev–Trinajstić information content (AvgIpc) is 2.47. The molecule has 0 radical (unpaired) electrons. The molecule has 4 nitrogen and oxygen atoms in total. The second kappa shape index (κ2) is 10.7. The number of hydrogen-bond acceptors (Lipinski definition) is 4. The molecule has 0 bridgehead atoms. The van der Waals surface area contributed by atoms with E-state index in [0.717, 1.165) is 38.1 Å². The van der Waals surface area contributed by atoms with Crippen LogP contribution in [0.1, 0.15) is 37.9 Å². The summed E-state index contributed by atoms with van der Waals surface area (Å²) in [4.78, 5) is 4.12. The zero-order valence-corrected chi connectivity index (χ0v) is 12.4. The summed E-state index contributed by atoms with van der Waals surface area (Å²) in [6.45, 7) is 5.06. The molecule has 1 heterocycles. The number of ether oxygens (including phenoxy) is 2. The van der Waals surface area contributed by atoms with Crippen LogP contribution in [-0.2, 0) is 9.47 Å². The molecule has 1 atom stereocenters. The summed E-state index contributed by atoms with van der Waals surface area (Å²) in [6, 6.07) is 3.38. The minimum absolute atomic E-state index is 0.185. The summed E-state index contributed by atoms with van der Waals surface area (Å²) < 4.78 is 23.1. The Morgan fingerprint density at radius 2 is 2.10 bits per heavy atom. The normalized spacial score (nSPS) is 12.6. The third-order valence-electron chi connectivity index (χ3n) is 3.05. The van der Waals surface area contributed by atoms with E-state index in [2.05, 4.69) is 17.2 Å². The lowest BCUT2D eigenvalue weighted by Gasteiger charge is -2.16. The molecule has 20 heavy (non-hydrogen) atoms. The predicted octanol–water partition coefficient (Wildman–Crippen LogP) is 2.70. The summed E-state index contributed by atoms with van der Waals surface area (Å²) in [6.07, 6.45) is 4.26. The Bertz CT molecular complexity index is 346. The topological polar surface area (TPSA) is 43.4 Å². The van der Waals surface area contributed by atoms with Crippen LogP contribution in [0, 0.1) is 5.82 Å². The van der Waals surface area contributed by atoms with Gasteiger partial charge in [0.05, 0.1) is 25.1 Å². The first kappa shape index (κ1) is 17.0. The lowest BCUT2D eigenvalue weighted by molar-refractivity contribution is 0.0687. The molecule has 1 rings (SSSR count). The average molecular weight is 284 g/mol. The highest BCUT2D eigenvalue weighted by atomic mass is 19.1. The van der Waals surface area contributed by atoms with Crippen molar-refractivity contribution >= 4 is 0 Å². The van der Waals surface area contributed by atoms with Gasteiger partial charge in [0.25, 0.3) is 0 Å². The fourth-order valence-corrected chi connectivity index (χ4v) is 1.90. The molecule has 114 valence electrons. The Kier molecular flexibility index (Phi) is 9.11. The molecule has 1 aromatic heterocycles. The highest BCUT2D eigenvalue weighted by Crippen LogP contribution is 2.14. The molecule has 0 aliphatic rings. The number of unbranched alkanes of at least 4 members (excludes halogenated alkanes) is 1. The molecule has 5 heteroatoms. The van der Waals surface area contributed by atoms with E-state index in [1.165, 1.54) is 12.3 Å². The number of hydrogen-bond donors (Lipinski definition) is 1. The minimum Gasteiger partial charge on any atom is -0.382 e. The third kappa shape index (κ3) is 6.93. The second-order valence-corrected chi connectivity index (χ2v) is 4.63. The number of nitrogens with one attached hydrogen (secondary N) is 1. The van der Waals surface area contributed by atoms with Gasteiger partial charge in [0.15, 0.2) is 0 Å². The molecule has 0 aliphatic heterocycles. The molecule has 0 aliphatic carbocycles. The fraction of sp³-hybridized carbons (Fsp3) is 0.667. The van der Waals surface area contributed by atoms with Crippen molar-refractivity contribution in [1.82, 2.24) is 10.3 Å². The van der Waals surface area contributed by atoms with Gasteiger partial charge in [-0.25, -0.2) is 4.39 Å². The summed E-state index contributed by atoms with van der Waals surface area (Å²) in [7, 11) is 1.67. The molecular formula is C15H25FN2O2. The number of rotatable bonds is 11. The number of pyridine rings is 1. The molecule has 0 fully saturated rings. The van der Waals surface area contributed by atoms with Crippen molar-refractivity contribution in [1.29, 1.82) is 0 Å². The van der Waals surface area contributed by atoms with Crippen molar-refractivity contribution in [3.8, 4) is 0 Å². The fourth-order valence-electron chi connectivity index (χ4n) is 1.90. The number of aromatic nitrogens is 1. The Morgan fingerprint density at radius 1 is 1.25 bits per heavy atom. The van der Waals surface area contributed by atoms with Crippen LogP contribution in [0.4, 0.5) is 4.39 Å². The van der Waals surface area contributed by atoms with Crippen molar-refractivity contribution in [3.05, 3.63) is 29.8 Å². The van der Waals surface area contributed by atoms with Gasteiger partial charge in [0.1, 0.15) is 5.82 Å². The molecule has 0 amide bonds. The number of methoxy groups -OCH3 is 1. The van der Waals surface area contributed by atoms with Crippen molar-refractivity contribution in [3.63, 3.8) is 0 Å². The van der Waals surface area contributed by atoms with Crippen LogP contribution >= 0.6 is 0 Å².